The number of carbonyl (C=O) groups is 3. The molecule has 2 aromatic carbocycles. The topological polar surface area (TPSA) is 72.9 Å². The molecule has 0 unspecified atom stereocenters. The Labute approximate surface area is 188 Å². The molecular formula is C26H27NO5. The summed E-state index contributed by atoms with van der Waals surface area (Å²) in [5.74, 6) is -1.39. The van der Waals surface area contributed by atoms with Crippen LogP contribution in [0.4, 0.5) is 5.69 Å². The number of nitrogens with zero attached hydrogens (tertiary/aromatic N) is 1. The summed E-state index contributed by atoms with van der Waals surface area (Å²) in [4.78, 5) is 39.1. The van der Waals surface area contributed by atoms with Crippen molar-refractivity contribution >= 4 is 29.6 Å². The van der Waals surface area contributed by atoms with Crippen LogP contribution in [0.15, 0.2) is 65.4 Å². The predicted molar refractivity (Wildman–Crippen MR) is 123 cm³/mol. The molecule has 0 fully saturated rings. The quantitative estimate of drug-likeness (QED) is 0.518. The van der Waals surface area contributed by atoms with Crippen LogP contribution in [0.25, 0.3) is 6.08 Å². The van der Waals surface area contributed by atoms with E-state index in [0.29, 0.717) is 16.9 Å². The van der Waals surface area contributed by atoms with Crippen LogP contribution in [0.1, 0.15) is 49.2 Å². The van der Waals surface area contributed by atoms with Crippen LogP contribution in [-0.4, -0.2) is 32.1 Å². The van der Waals surface area contributed by atoms with Gasteiger partial charge in [-0.3, -0.25) is 9.69 Å². The van der Waals surface area contributed by atoms with Crippen molar-refractivity contribution in [3.8, 4) is 0 Å². The molecule has 0 radical (unpaired) electrons. The maximum atomic E-state index is 13.4. The summed E-state index contributed by atoms with van der Waals surface area (Å²) in [6.45, 7) is 8.09. The van der Waals surface area contributed by atoms with E-state index in [2.05, 4.69) is 20.8 Å². The van der Waals surface area contributed by atoms with E-state index in [1.165, 1.54) is 24.7 Å². The third-order valence-electron chi connectivity index (χ3n) is 5.42. The minimum atomic E-state index is -0.581. The number of methoxy groups -OCH3 is 2. The van der Waals surface area contributed by atoms with E-state index < -0.39 is 11.9 Å². The average Bonchev–Trinajstić information content (AvgIpc) is 3.02. The van der Waals surface area contributed by atoms with E-state index in [1.807, 2.05) is 24.3 Å². The molecule has 0 aliphatic carbocycles. The fourth-order valence-electron chi connectivity index (χ4n) is 3.60. The van der Waals surface area contributed by atoms with Crippen molar-refractivity contribution in [3.63, 3.8) is 0 Å². The van der Waals surface area contributed by atoms with Crippen molar-refractivity contribution in [3.05, 3.63) is 82.1 Å². The van der Waals surface area contributed by atoms with Crippen LogP contribution in [-0.2, 0) is 24.5 Å². The van der Waals surface area contributed by atoms with Gasteiger partial charge in [-0.25, -0.2) is 9.59 Å². The zero-order valence-corrected chi connectivity index (χ0v) is 19.2. The monoisotopic (exact) mass is 433 g/mol. The molecule has 1 heterocycles. The normalized spacial score (nSPS) is 15.4. The lowest BCUT2D eigenvalue weighted by Crippen LogP contribution is -2.24. The molecule has 0 saturated carbocycles. The lowest BCUT2D eigenvalue weighted by Gasteiger charge is -2.19. The number of esters is 2. The van der Waals surface area contributed by atoms with Gasteiger partial charge in [0.25, 0.3) is 5.91 Å². The first-order valence-electron chi connectivity index (χ1n) is 10.2. The maximum Gasteiger partial charge on any atom is 0.340 e. The Morgan fingerprint density at radius 1 is 0.875 bits per heavy atom. The molecule has 6 nitrogen and oxygen atoms in total. The van der Waals surface area contributed by atoms with Gasteiger partial charge in [-0.2, -0.15) is 0 Å². The standard InChI is InChI=1S/C26H27NO5/c1-16-22(25(30)32-6)21(15-17-7-11-19(12-8-17)26(2,3)4)23(28)27(16)20-13-9-18(10-14-20)24(29)31-5/h7-15H,1-6H3/b21-15-. The van der Waals surface area contributed by atoms with E-state index in [0.717, 1.165) is 5.56 Å². The number of rotatable bonds is 4. The van der Waals surface area contributed by atoms with Gasteiger partial charge in [-0.1, -0.05) is 45.0 Å². The predicted octanol–water partition coefficient (Wildman–Crippen LogP) is 4.65. The first-order valence-corrected chi connectivity index (χ1v) is 10.2. The van der Waals surface area contributed by atoms with Crippen molar-refractivity contribution in [1.82, 2.24) is 0 Å². The number of carbonyl (C=O) groups excluding carboxylic acids is 3. The molecule has 0 N–H and O–H groups in total. The van der Waals surface area contributed by atoms with E-state index >= 15 is 0 Å². The SMILES string of the molecule is COC(=O)C1=C(C)N(c2ccc(C(=O)OC)cc2)C(=O)/C1=C\c1ccc(C(C)(C)C)cc1. The summed E-state index contributed by atoms with van der Waals surface area (Å²) in [6, 6.07) is 14.3. The van der Waals surface area contributed by atoms with Crippen molar-refractivity contribution in [2.45, 2.75) is 33.1 Å². The Morgan fingerprint density at radius 3 is 1.94 bits per heavy atom. The fourth-order valence-corrected chi connectivity index (χ4v) is 3.60. The summed E-state index contributed by atoms with van der Waals surface area (Å²) in [6.07, 6.45) is 1.70. The van der Waals surface area contributed by atoms with Gasteiger partial charge in [0, 0.05) is 11.4 Å². The number of hydrogen-bond donors (Lipinski definition) is 0. The summed E-state index contributed by atoms with van der Waals surface area (Å²) >= 11 is 0. The van der Waals surface area contributed by atoms with Crippen molar-refractivity contribution in [2.24, 2.45) is 0 Å². The second-order valence-corrected chi connectivity index (χ2v) is 8.56. The molecule has 2 aromatic rings. The number of benzene rings is 2. The van der Waals surface area contributed by atoms with E-state index in [9.17, 15) is 14.4 Å². The highest BCUT2D eigenvalue weighted by Crippen LogP contribution is 2.35. The third-order valence-corrected chi connectivity index (χ3v) is 5.42. The molecule has 6 heteroatoms. The molecule has 0 bridgehead atoms. The second kappa shape index (κ2) is 8.83. The van der Waals surface area contributed by atoms with Gasteiger partial charge >= 0.3 is 11.9 Å². The highest BCUT2D eigenvalue weighted by molar-refractivity contribution is 6.23. The van der Waals surface area contributed by atoms with Crippen molar-refractivity contribution in [1.29, 1.82) is 0 Å². The molecule has 1 amide bonds. The fraction of sp³-hybridized carbons (Fsp3) is 0.269. The van der Waals surface area contributed by atoms with Crippen molar-refractivity contribution in [2.75, 3.05) is 19.1 Å². The van der Waals surface area contributed by atoms with Gasteiger partial charge in [-0.15, -0.1) is 0 Å². The lowest BCUT2D eigenvalue weighted by atomic mass is 9.86. The highest BCUT2D eigenvalue weighted by Gasteiger charge is 2.38. The first-order chi connectivity index (χ1) is 15.1. The first kappa shape index (κ1) is 23.0. The summed E-state index contributed by atoms with van der Waals surface area (Å²) in [7, 11) is 2.59. The number of allylic oxidation sites excluding steroid dienone is 1. The molecule has 3 rings (SSSR count). The Morgan fingerprint density at radius 2 is 1.44 bits per heavy atom. The van der Waals surface area contributed by atoms with Crippen molar-refractivity contribution < 1.29 is 23.9 Å². The lowest BCUT2D eigenvalue weighted by molar-refractivity contribution is -0.136. The molecule has 0 saturated heterocycles. The molecule has 1 aliphatic heterocycles. The van der Waals surface area contributed by atoms with E-state index in [1.54, 1.807) is 37.3 Å². The minimum absolute atomic E-state index is 0.00960. The Balaban J connectivity index is 2.04. The van der Waals surface area contributed by atoms with Gasteiger partial charge in [0.1, 0.15) is 0 Å². The van der Waals surface area contributed by atoms with Crippen LogP contribution < -0.4 is 4.90 Å². The summed E-state index contributed by atoms with van der Waals surface area (Å²) < 4.78 is 9.68. The zero-order chi connectivity index (χ0) is 23.6. The average molecular weight is 434 g/mol. The maximum absolute atomic E-state index is 13.4. The number of anilines is 1. The molecule has 1 aliphatic rings. The molecular weight excluding hydrogens is 406 g/mol. The third kappa shape index (κ3) is 4.35. The molecule has 166 valence electrons. The number of hydrogen-bond acceptors (Lipinski definition) is 5. The number of amides is 1. The molecule has 0 atom stereocenters. The van der Waals surface area contributed by atoms with Gasteiger partial charge in [-0.05, 0) is 53.8 Å². The minimum Gasteiger partial charge on any atom is -0.465 e. The Kier molecular flexibility index (Phi) is 6.35. The van der Waals surface area contributed by atoms with Gasteiger partial charge < -0.3 is 9.47 Å². The second-order valence-electron chi connectivity index (χ2n) is 8.56. The Hall–Kier alpha value is -3.67. The van der Waals surface area contributed by atoms with Gasteiger partial charge in [0.2, 0.25) is 0 Å². The van der Waals surface area contributed by atoms with Crippen LogP contribution in [0, 0.1) is 0 Å². The van der Waals surface area contributed by atoms with Crippen LogP contribution in [0.2, 0.25) is 0 Å². The summed E-state index contributed by atoms with van der Waals surface area (Å²) in [5.41, 5.74) is 3.83. The zero-order valence-electron chi connectivity index (χ0n) is 19.2. The largest absolute Gasteiger partial charge is 0.465 e. The van der Waals surface area contributed by atoms with Gasteiger partial charge in [0.15, 0.2) is 0 Å². The highest BCUT2D eigenvalue weighted by atomic mass is 16.5. The van der Waals surface area contributed by atoms with Crippen LogP contribution in [0.3, 0.4) is 0 Å². The van der Waals surface area contributed by atoms with E-state index in [-0.39, 0.29) is 22.5 Å². The summed E-state index contributed by atoms with van der Waals surface area (Å²) in [5, 5.41) is 0. The van der Waals surface area contributed by atoms with Crippen LogP contribution >= 0.6 is 0 Å². The smallest absolute Gasteiger partial charge is 0.340 e. The molecule has 0 aromatic heterocycles. The van der Waals surface area contributed by atoms with Crippen LogP contribution in [0.5, 0.6) is 0 Å². The molecule has 32 heavy (non-hydrogen) atoms. The molecule has 0 spiro atoms. The van der Waals surface area contributed by atoms with E-state index in [4.69, 9.17) is 9.47 Å². The van der Waals surface area contributed by atoms with Gasteiger partial charge in [0.05, 0.1) is 30.9 Å². The Bertz CT molecular complexity index is 1120. The number of ether oxygens (including phenoxy) is 2.